The van der Waals surface area contributed by atoms with Crippen LogP contribution in [0.4, 0.5) is 5.69 Å². The zero-order valence-electron chi connectivity index (χ0n) is 9.43. The third-order valence-electron chi connectivity index (χ3n) is 2.29. The Kier molecular flexibility index (Phi) is 5.16. The van der Waals surface area contributed by atoms with Gasteiger partial charge in [-0.15, -0.1) is 0 Å². The number of para-hydroxylation sites is 1. The highest BCUT2D eigenvalue weighted by Crippen LogP contribution is 2.07. The van der Waals surface area contributed by atoms with Crippen molar-refractivity contribution in [3.63, 3.8) is 0 Å². The number of anilines is 1. The molecule has 0 bridgehead atoms. The minimum Gasteiger partial charge on any atom is -0.480 e. The normalized spacial score (nSPS) is 11.8. The van der Waals surface area contributed by atoms with Gasteiger partial charge in [-0.3, -0.25) is 9.59 Å². The lowest BCUT2D eigenvalue weighted by atomic mass is 10.1. The molecule has 5 nitrogen and oxygen atoms in total. The fourth-order valence-electron chi connectivity index (χ4n) is 1.35. The molecule has 0 aromatic heterocycles. The lowest BCUT2D eigenvalue weighted by Gasteiger charge is -2.06. The van der Waals surface area contributed by atoms with Crippen LogP contribution in [-0.2, 0) is 9.59 Å². The van der Waals surface area contributed by atoms with Gasteiger partial charge in [-0.25, -0.2) is 0 Å². The second-order valence-corrected chi connectivity index (χ2v) is 3.75. The van der Waals surface area contributed by atoms with Gasteiger partial charge in [0.25, 0.3) is 0 Å². The predicted molar refractivity (Wildman–Crippen MR) is 64.5 cm³/mol. The summed E-state index contributed by atoms with van der Waals surface area (Å²) in [4.78, 5) is 21.9. The van der Waals surface area contributed by atoms with E-state index >= 15 is 0 Å². The maximum absolute atomic E-state index is 11.5. The molecule has 1 unspecified atom stereocenters. The van der Waals surface area contributed by atoms with Crippen LogP contribution in [0.15, 0.2) is 30.3 Å². The number of rotatable bonds is 6. The first-order valence-electron chi connectivity index (χ1n) is 5.43. The van der Waals surface area contributed by atoms with E-state index in [9.17, 15) is 9.59 Å². The average Bonchev–Trinajstić information content (AvgIpc) is 2.30. The highest BCUT2D eigenvalue weighted by Gasteiger charge is 2.11. The third kappa shape index (κ3) is 5.12. The largest absolute Gasteiger partial charge is 0.480 e. The van der Waals surface area contributed by atoms with E-state index in [4.69, 9.17) is 10.8 Å². The van der Waals surface area contributed by atoms with E-state index in [-0.39, 0.29) is 12.3 Å². The number of hydrogen-bond acceptors (Lipinski definition) is 3. The first kappa shape index (κ1) is 13.2. The number of carboxylic acid groups (broad SMARTS) is 1. The average molecular weight is 236 g/mol. The van der Waals surface area contributed by atoms with Gasteiger partial charge in [0, 0.05) is 12.1 Å². The highest BCUT2D eigenvalue weighted by molar-refractivity contribution is 5.90. The minimum atomic E-state index is -1.03. The molecule has 92 valence electrons. The van der Waals surface area contributed by atoms with Crippen LogP contribution in [0.2, 0.25) is 0 Å². The summed E-state index contributed by atoms with van der Waals surface area (Å²) in [6, 6.07) is 8.22. The van der Waals surface area contributed by atoms with Crippen LogP contribution in [0, 0.1) is 0 Å². The fourth-order valence-corrected chi connectivity index (χ4v) is 1.35. The van der Waals surface area contributed by atoms with Crippen LogP contribution in [0.25, 0.3) is 0 Å². The molecule has 0 aliphatic carbocycles. The maximum atomic E-state index is 11.5. The lowest BCUT2D eigenvalue weighted by Crippen LogP contribution is -2.30. The molecule has 0 saturated heterocycles. The highest BCUT2D eigenvalue weighted by atomic mass is 16.4. The van der Waals surface area contributed by atoms with Gasteiger partial charge in [0.05, 0.1) is 0 Å². The van der Waals surface area contributed by atoms with Gasteiger partial charge in [-0.05, 0) is 25.0 Å². The maximum Gasteiger partial charge on any atom is 0.320 e. The smallest absolute Gasteiger partial charge is 0.320 e. The van der Waals surface area contributed by atoms with Gasteiger partial charge in [0.15, 0.2) is 0 Å². The summed E-state index contributed by atoms with van der Waals surface area (Å²) < 4.78 is 0. The topological polar surface area (TPSA) is 92.4 Å². The van der Waals surface area contributed by atoms with Crippen molar-refractivity contribution >= 4 is 17.6 Å². The first-order valence-corrected chi connectivity index (χ1v) is 5.43. The zero-order chi connectivity index (χ0) is 12.7. The Bertz CT molecular complexity index is 379. The number of carbonyl (C=O) groups is 2. The minimum absolute atomic E-state index is 0.131. The molecule has 0 aliphatic heterocycles. The van der Waals surface area contributed by atoms with E-state index in [0.29, 0.717) is 12.8 Å². The third-order valence-corrected chi connectivity index (χ3v) is 2.29. The van der Waals surface area contributed by atoms with Crippen LogP contribution in [0.5, 0.6) is 0 Å². The van der Waals surface area contributed by atoms with E-state index in [1.165, 1.54) is 0 Å². The van der Waals surface area contributed by atoms with E-state index in [0.717, 1.165) is 5.69 Å². The summed E-state index contributed by atoms with van der Waals surface area (Å²) in [7, 11) is 0. The molecule has 1 aromatic rings. The van der Waals surface area contributed by atoms with Gasteiger partial charge in [0.2, 0.25) is 5.91 Å². The number of benzene rings is 1. The summed E-state index contributed by atoms with van der Waals surface area (Å²) in [5.74, 6) is -1.16. The summed E-state index contributed by atoms with van der Waals surface area (Å²) in [6.07, 6.45) is 1.04. The Balaban J connectivity index is 2.25. The lowest BCUT2D eigenvalue weighted by molar-refractivity contribution is -0.138. The summed E-state index contributed by atoms with van der Waals surface area (Å²) >= 11 is 0. The van der Waals surface area contributed by atoms with Gasteiger partial charge < -0.3 is 16.2 Å². The van der Waals surface area contributed by atoms with Crippen LogP contribution < -0.4 is 11.1 Å². The molecule has 0 aliphatic rings. The number of carbonyl (C=O) groups excluding carboxylic acids is 1. The second kappa shape index (κ2) is 6.65. The SMILES string of the molecule is NC(CCCC(=O)Nc1ccccc1)C(=O)O. The number of nitrogens with one attached hydrogen (secondary N) is 1. The standard InChI is InChI=1S/C12H16N2O3/c13-10(12(16)17)7-4-8-11(15)14-9-5-2-1-3-6-9/h1-3,5-6,10H,4,7-8,13H2,(H,14,15)(H,16,17). The van der Waals surface area contributed by atoms with Crippen molar-refractivity contribution < 1.29 is 14.7 Å². The summed E-state index contributed by atoms with van der Waals surface area (Å²) in [5.41, 5.74) is 6.06. The van der Waals surface area contributed by atoms with Crippen LogP contribution >= 0.6 is 0 Å². The number of aliphatic carboxylic acids is 1. The molecule has 5 heteroatoms. The number of amides is 1. The molecule has 0 radical (unpaired) electrons. The van der Waals surface area contributed by atoms with Crippen molar-refractivity contribution in [1.29, 1.82) is 0 Å². The number of hydrogen-bond donors (Lipinski definition) is 3. The van der Waals surface area contributed by atoms with Crippen molar-refractivity contribution in [3.05, 3.63) is 30.3 Å². The molecule has 0 saturated carbocycles. The quantitative estimate of drug-likeness (QED) is 0.692. The van der Waals surface area contributed by atoms with E-state index < -0.39 is 12.0 Å². The Morgan fingerprint density at radius 1 is 1.29 bits per heavy atom. The molecule has 1 atom stereocenters. The molecular formula is C12H16N2O3. The molecule has 1 rings (SSSR count). The molecular weight excluding hydrogens is 220 g/mol. The van der Waals surface area contributed by atoms with E-state index in [1.807, 2.05) is 18.2 Å². The monoisotopic (exact) mass is 236 g/mol. The summed E-state index contributed by atoms with van der Waals surface area (Å²) in [6.45, 7) is 0. The Labute approximate surface area is 99.6 Å². The fraction of sp³-hybridized carbons (Fsp3) is 0.333. The van der Waals surface area contributed by atoms with Crippen LogP contribution in [-0.4, -0.2) is 23.0 Å². The van der Waals surface area contributed by atoms with Crippen molar-refractivity contribution in [1.82, 2.24) is 0 Å². The Morgan fingerprint density at radius 2 is 1.94 bits per heavy atom. The van der Waals surface area contributed by atoms with Gasteiger partial charge in [-0.1, -0.05) is 18.2 Å². The molecule has 0 heterocycles. The number of carboxylic acids is 1. The predicted octanol–water partition coefficient (Wildman–Crippen LogP) is 1.21. The zero-order valence-corrected chi connectivity index (χ0v) is 9.43. The molecule has 0 fully saturated rings. The molecule has 0 spiro atoms. The molecule has 1 aromatic carbocycles. The van der Waals surface area contributed by atoms with Crippen LogP contribution in [0.1, 0.15) is 19.3 Å². The van der Waals surface area contributed by atoms with Crippen molar-refractivity contribution in [2.75, 3.05) is 5.32 Å². The molecule has 4 N–H and O–H groups in total. The van der Waals surface area contributed by atoms with Crippen molar-refractivity contribution in [3.8, 4) is 0 Å². The van der Waals surface area contributed by atoms with Gasteiger partial charge in [-0.2, -0.15) is 0 Å². The second-order valence-electron chi connectivity index (χ2n) is 3.75. The van der Waals surface area contributed by atoms with E-state index in [1.54, 1.807) is 12.1 Å². The van der Waals surface area contributed by atoms with E-state index in [2.05, 4.69) is 5.32 Å². The van der Waals surface area contributed by atoms with Gasteiger partial charge >= 0.3 is 5.97 Å². The Hall–Kier alpha value is -1.88. The van der Waals surface area contributed by atoms with Gasteiger partial charge in [0.1, 0.15) is 6.04 Å². The molecule has 1 amide bonds. The number of nitrogens with two attached hydrogens (primary N) is 1. The Morgan fingerprint density at radius 3 is 2.53 bits per heavy atom. The first-order chi connectivity index (χ1) is 8.09. The molecule has 17 heavy (non-hydrogen) atoms. The van der Waals surface area contributed by atoms with Crippen molar-refractivity contribution in [2.24, 2.45) is 5.73 Å². The van der Waals surface area contributed by atoms with Crippen LogP contribution in [0.3, 0.4) is 0 Å². The summed E-state index contributed by atoms with van der Waals surface area (Å²) in [5, 5.41) is 11.3. The van der Waals surface area contributed by atoms with Crippen molar-refractivity contribution in [2.45, 2.75) is 25.3 Å².